The third-order valence-electron chi connectivity index (χ3n) is 3.56. The van der Waals surface area contributed by atoms with Gasteiger partial charge in [-0.15, -0.1) is 0 Å². The molecule has 0 aliphatic heterocycles. The van der Waals surface area contributed by atoms with E-state index in [1.165, 1.54) is 0 Å². The maximum atomic E-state index is 11.1. The molecule has 0 amide bonds. The van der Waals surface area contributed by atoms with Gasteiger partial charge in [0.1, 0.15) is 11.4 Å². The van der Waals surface area contributed by atoms with Crippen molar-refractivity contribution in [1.29, 1.82) is 0 Å². The third-order valence-corrected chi connectivity index (χ3v) is 3.56. The van der Waals surface area contributed by atoms with Gasteiger partial charge in [0.25, 0.3) is 0 Å². The van der Waals surface area contributed by atoms with E-state index in [9.17, 15) is 4.79 Å². The number of aryl methyl sites for hydroxylation is 2. The maximum Gasteiger partial charge on any atom is 0.170 e. The molecule has 0 saturated carbocycles. The molecule has 0 aliphatic carbocycles. The van der Waals surface area contributed by atoms with Crippen LogP contribution in [0.1, 0.15) is 27.2 Å². The van der Waals surface area contributed by atoms with Crippen LogP contribution in [0.15, 0.2) is 12.4 Å². The summed E-state index contributed by atoms with van der Waals surface area (Å²) in [5, 5.41) is 0. The fraction of sp³-hybridized carbons (Fsp3) is 0.333. The first-order valence-corrected chi connectivity index (χ1v) is 6.12. The lowest BCUT2D eigenvalue weighted by Crippen LogP contribution is -2.00. The summed E-state index contributed by atoms with van der Waals surface area (Å²) < 4.78 is 7.30. The number of hydrogen-bond donors (Lipinski definition) is 0. The van der Waals surface area contributed by atoms with Crippen LogP contribution in [0, 0.1) is 20.8 Å². The molecule has 0 spiro atoms. The Bertz CT molecular complexity index is 642. The van der Waals surface area contributed by atoms with E-state index in [2.05, 4.69) is 4.98 Å². The van der Waals surface area contributed by atoms with E-state index in [4.69, 9.17) is 4.74 Å². The summed E-state index contributed by atoms with van der Waals surface area (Å²) in [6, 6.07) is 2.05. The molecule has 1 aromatic heterocycles. The molecular weight excluding hydrogens is 240 g/mol. The van der Waals surface area contributed by atoms with Crippen molar-refractivity contribution in [3.8, 4) is 17.0 Å². The summed E-state index contributed by atoms with van der Waals surface area (Å²) in [5.41, 5.74) is 5.59. The van der Waals surface area contributed by atoms with Gasteiger partial charge < -0.3 is 9.30 Å². The fourth-order valence-corrected chi connectivity index (χ4v) is 2.48. The lowest BCUT2D eigenvalue weighted by atomic mass is 9.95. The number of hydrogen-bond acceptors (Lipinski definition) is 3. The average molecular weight is 258 g/mol. The van der Waals surface area contributed by atoms with E-state index in [1.807, 2.05) is 38.5 Å². The Morgan fingerprint density at radius 1 is 1.26 bits per heavy atom. The minimum atomic E-state index is 0.467. The van der Waals surface area contributed by atoms with Gasteiger partial charge >= 0.3 is 0 Å². The van der Waals surface area contributed by atoms with Gasteiger partial charge in [0.05, 0.1) is 19.1 Å². The van der Waals surface area contributed by atoms with Crippen LogP contribution < -0.4 is 4.74 Å². The first-order chi connectivity index (χ1) is 9.01. The number of aromatic nitrogens is 2. The molecule has 0 aliphatic rings. The first-order valence-electron chi connectivity index (χ1n) is 6.12. The normalized spacial score (nSPS) is 10.6. The van der Waals surface area contributed by atoms with E-state index in [0.717, 1.165) is 40.0 Å². The molecule has 0 saturated heterocycles. The Balaban J connectivity index is 2.77. The number of carbonyl (C=O) groups excluding carboxylic acids is 1. The number of nitrogens with zero attached hydrogens (tertiary/aromatic N) is 2. The van der Waals surface area contributed by atoms with Crippen molar-refractivity contribution in [2.45, 2.75) is 20.8 Å². The van der Waals surface area contributed by atoms with Crippen molar-refractivity contribution in [2.75, 3.05) is 7.11 Å². The van der Waals surface area contributed by atoms with Gasteiger partial charge in [0.2, 0.25) is 0 Å². The molecule has 0 fully saturated rings. The van der Waals surface area contributed by atoms with Crippen molar-refractivity contribution >= 4 is 6.29 Å². The molecule has 4 nitrogen and oxygen atoms in total. The predicted molar refractivity (Wildman–Crippen MR) is 74.8 cm³/mol. The zero-order chi connectivity index (χ0) is 14.2. The monoisotopic (exact) mass is 258 g/mol. The number of imidazole rings is 1. The Morgan fingerprint density at radius 2 is 1.95 bits per heavy atom. The number of ether oxygens (including phenoxy) is 1. The smallest absolute Gasteiger partial charge is 0.170 e. The molecule has 0 radical (unpaired) electrons. The summed E-state index contributed by atoms with van der Waals surface area (Å²) in [6.07, 6.45) is 2.46. The fourth-order valence-electron chi connectivity index (χ4n) is 2.48. The van der Waals surface area contributed by atoms with Crippen molar-refractivity contribution in [2.24, 2.45) is 7.05 Å². The molecule has 0 N–H and O–H groups in total. The lowest BCUT2D eigenvalue weighted by Gasteiger charge is -2.16. The molecule has 19 heavy (non-hydrogen) atoms. The highest BCUT2D eigenvalue weighted by Gasteiger charge is 2.17. The highest BCUT2D eigenvalue weighted by atomic mass is 16.5. The Morgan fingerprint density at radius 3 is 2.53 bits per heavy atom. The summed E-state index contributed by atoms with van der Waals surface area (Å²) in [5.74, 6) is 0.899. The molecule has 0 atom stereocenters. The second kappa shape index (κ2) is 4.88. The second-order valence-corrected chi connectivity index (χ2v) is 4.73. The summed E-state index contributed by atoms with van der Waals surface area (Å²) >= 11 is 0. The van der Waals surface area contributed by atoms with Crippen molar-refractivity contribution in [3.05, 3.63) is 34.8 Å². The topological polar surface area (TPSA) is 44.1 Å². The summed E-state index contributed by atoms with van der Waals surface area (Å²) in [6.45, 7) is 6.07. The number of aldehydes is 1. The van der Waals surface area contributed by atoms with Crippen LogP contribution in [0.25, 0.3) is 11.3 Å². The number of benzene rings is 1. The SMILES string of the molecule is COc1c(C)cc(-c2c(C=O)ncn2C)c(C)c1C. The quantitative estimate of drug-likeness (QED) is 0.795. The van der Waals surface area contributed by atoms with Gasteiger partial charge in [-0.2, -0.15) is 0 Å². The van der Waals surface area contributed by atoms with Crippen molar-refractivity contribution in [3.63, 3.8) is 0 Å². The molecule has 100 valence electrons. The molecule has 1 heterocycles. The third kappa shape index (κ3) is 2.03. The van der Waals surface area contributed by atoms with Crippen molar-refractivity contribution < 1.29 is 9.53 Å². The molecule has 0 unspecified atom stereocenters. The number of rotatable bonds is 3. The Labute approximate surface area is 113 Å². The van der Waals surface area contributed by atoms with Gasteiger partial charge in [0, 0.05) is 12.6 Å². The summed E-state index contributed by atoms with van der Waals surface area (Å²) in [7, 11) is 3.57. The van der Waals surface area contributed by atoms with Gasteiger partial charge in [-0.25, -0.2) is 4.98 Å². The molecule has 0 bridgehead atoms. The minimum Gasteiger partial charge on any atom is -0.496 e. The van der Waals surface area contributed by atoms with Crippen LogP contribution in [0.3, 0.4) is 0 Å². The Hall–Kier alpha value is -2.10. The van der Waals surface area contributed by atoms with E-state index in [1.54, 1.807) is 13.4 Å². The van der Waals surface area contributed by atoms with Crippen molar-refractivity contribution in [1.82, 2.24) is 9.55 Å². The van der Waals surface area contributed by atoms with Gasteiger partial charge in [-0.05, 0) is 43.5 Å². The second-order valence-electron chi connectivity index (χ2n) is 4.73. The van der Waals surface area contributed by atoms with E-state index >= 15 is 0 Å². The van der Waals surface area contributed by atoms with Crippen LogP contribution in [0.4, 0.5) is 0 Å². The highest BCUT2D eigenvalue weighted by Crippen LogP contribution is 2.34. The lowest BCUT2D eigenvalue weighted by molar-refractivity contribution is 0.112. The standard InChI is InChI=1S/C15H18N2O2/c1-9-6-12(10(2)11(3)15(9)19-5)14-13(7-18)16-8-17(14)4/h6-8H,1-5H3. The predicted octanol–water partition coefficient (Wildman–Crippen LogP) is 2.83. The average Bonchev–Trinajstić information content (AvgIpc) is 2.75. The molecule has 1 aromatic carbocycles. The number of carbonyl (C=O) groups is 1. The zero-order valence-corrected chi connectivity index (χ0v) is 11.9. The van der Waals surface area contributed by atoms with Gasteiger partial charge in [0.15, 0.2) is 6.29 Å². The van der Waals surface area contributed by atoms with Crippen LogP contribution in [0.5, 0.6) is 5.75 Å². The van der Waals surface area contributed by atoms with Crippen LogP contribution in [-0.4, -0.2) is 22.9 Å². The number of methoxy groups -OCH3 is 1. The summed E-state index contributed by atoms with van der Waals surface area (Å²) in [4.78, 5) is 15.2. The first kappa shape index (κ1) is 13.3. The largest absolute Gasteiger partial charge is 0.496 e. The van der Waals surface area contributed by atoms with Crippen LogP contribution in [-0.2, 0) is 7.05 Å². The van der Waals surface area contributed by atoms with E-state index in [0.29, 0.717) is 5.69 Å². The molecule has 2 rings (SSSR count). The van der Waals surface area contributed by atoms with Gasteiger partial charge in [-0.1, -0.05) is 0 Å². The van der Waals surface area contributed by atoms with Crippen LogP contribution >= 0.6 is 0 Å². The Kier molecular flexibility index (Phi) is 3.42. The maximum absolute atomic E-state index is 11.1. The highest BCUT2D eigenvalue weighted by molar-refractivity contribution is 5.85. The zero-order valence-electron chi connectivity index (χ0n) is 11.9. The van der Waals surface area contributed by atoms with Crippen LogP contribution in [0.2, 0.25) is 0 Å². The van der Waals surface area contributed by atoms with E-state index < -0.39 is 0 Å². The molecular formula is C15H18N2O2. The van der Waals surface area contributed by atoms with Gasteiger partial charge in [-0.3, -0.25) is 4.79 Å². The molecule has 4 heteroatoms. The van der Waals surface area contributed by atoms with E-state index in [-0.39, 0.29) is 0 Å². The minimum absolute atomic E-state index is 0.467. The molecule has 2 aromatic rings.